The number of amides is 1. The van der Waals surface area contributed by atoms with Gasteiger partial charge in [-0.2, -0.15) is 0 Å². The highest BCUT2D eigenvalue weighted by Gasteiger charge is 2.34. The highest BCUT2D eigenvalue weighted by molar-refractivity contribution is 5.86. The van der Waals surface area contributed by atoms with Crippen LogP contribution in [0.25, 0.3) is 0 Å². The maximum atomic E-state index is 13.3. The van der Waals surface area contributed by atoms with Crippen molar-refractivity contribution in [1.82, 2.24) is 5.32 Å². The highest BCUT2D eigenvalue weighted by Crippen LogP contribution is 2.15. The van der Waals surface area contributed by atoms with E-state index in [1.807, 2.05) is 0 Å². The molecule has 0 rings (SSSR count). The van der Waals surface area contributed by atoms with Gasteiger partial charge in [-0.15, -0.1) is 0 Å². The Morgan fingerprint density at radius 1 is 1.46 bits per heavy atom. The van der Waals surface area contributed by atoms with Gasteiger partial charge in [0.15, 0.2) is 5.78 Å². The maximum Gasteiger partial charge on any atom is 0.407 e. The average molecular weight is 191 g/mol. The van der Waals surface area contributed by atoms with Crippen molar-refractivity contribution in [3.8, 4) is 0 Å². The number of hydrogen-bond acceptors (Lipinski definition) is 3. The van der Waals surface area contributed by atoms with E-state index >= 15 is 0 Å². The molecule has 5 heteroatoms. The normalized spacial score (nSPS) is 13.3. The highest BCUT2D eigenvalue weighted by atomic mass is 19.1. The standard InChI is InChI=1S/C8H14FNO3/c1-5(11)6(8(2,3)9)10-7(12)13-4/h6H,1-4H3,(H,10,12). The Morgan fingerprint density at radius 2 is 1.92 bits per heavy atom. The van der Waals surface area contributed by atoms with Gasteiger partial charge in [0.2, 0.25) is 0 Å². The lowest BCUT2D eigenvalue weighted by Crippen LogP contribution is -2.51. The van der Waals surface area contributed by atoms with Crippen molar-refractivity contribution in [2.75, 3.05) is 7.11 Å². The molecule has 0 fully saturated rings. The molecule has 1 atom stereocenters. The summed E-state index contributed by atoms with van der Waals surface area (Å²) in [6.45, 7) is 3.64. The summed E-state index contributed by atoms with van der Waals surface area (Å²) < 4.78 is 17.6. The first-order valence-electron chi connectivity index (χ1n) is 3.83. The second-order valence-corrected chi connectivity index (χ2v) is 3.24. The summed E-state index contributed by atoms with van der Waals surface area (Å²) >= 11 is 0. The van der Waals surface area contributed by atoms with Crippen molar-refractivity contribution in [2.24, 2.45) is 0 Å². The lowest BCUT2D eigenvalue weighted by molar-refractivity contribution is -0.121. The van der Waals surface area contributed by atoms with Gasteiger partial charge in [0.05, 0.1) is 7.11 Å². The minimum absolute atomic E-state index is 0.446. The molecule has 1 N–H and O–H groups in total. The van der Waals surface area contributed by atoms with E-state index in [-0.39, 0.29) is 0 Å². The fraction of sp³-hybridized carbons (Fsp3) is 0.750. The lowest BCUT2D eigenvalue weighted by atomic mass is 9.98. The van der Waals surface area contributed by atoms with Crippen molar-refractivity contribution < 1.29 is 18.7 Å². The van der Waals surface area contributed by atoms with E-state index in [2.05, 4.69) is 10.1 Å². The molecule has 0 aromatic heterocycles. The van der Waals surface area contributed by atoms with Crippen molar-refractivity contribution in [1.29, 1.82) is 0 Å². The summed E-state index contributed by atoms with van der Waals surface area (Å²) in [6, 6.07) is -1.17. The van der Waals surface area contributed by atoms with E-state index in [1.165, 1.54) is 20.8 Å². The summed E-state index contributed by atoms with van der Waals surface area (Å²) in [4.78, 5) is 21.7. The van der Waals surface area contributed by atoms with Gasteiger partial charge in [-0.05, 0) is 20.8 Å². The largest absolute Gasteiger partial charge is 0.453 e. The predicted molar refractivity (Wildman–Crippen MR) is 45.2 cm³/mol. The second-order valence-electron chi connectivity index (χ2n) is 3.24. The third kappa shape index (κ3) is 3.87. The number of ether oxygens (including phenoxy) is 1. The molecule has 0 aliphatic heterocycles. The van der Waals surface area contributed by atoms with Crippen molar-refractivity contribution in [3.63, 3.8) is 0 Å². The van der Waals surface area contributed by atoms with Crippen LogP contribution in [0.3, 0.4) is 0 Å². The fourth-order valence-electron chi connectivity index (χ4n) is 0.933. The van der Waals surface area contributed by atoms with Crippen LogP contribution >= 0.6 is 0 Å². The number of Topliss-reactive ketones (excluding diaryl/α,β-unsaturated/α-hetero) is 1. The van der Waals surface area contributed by atoms with Gasteiger partial charge in [-0.3, -0.25) is 4.79 Å². The van der Waals surface area contributed by atoms with Gasteiger partial charge in [-0.1, -0.05) is 0 Å². The van der Waals surface area contributed by atoms with E-state index in [4.69, 9.17) is 0 Å². The Hall–Kier alpha value is -1.13. The zero-order valence-corrected chi connectivity index (χ0v) is 8.18. The molecule has 0 aliphatic rings. The number of methoxy groups -OCH3 is 1. The first-order chi connectivity index (χ1) is 5.79. The predicted octanol–water partition coefficient (Wildman–Crippen LogP) is 1.05. The molecule has 13 heavy (non-hydrogen) atoms. The Kier molecular flexibility index (Phi) is 3.84. The van der Waals surface area contributed by atoms with E-state index < -0.39 is 23.6 Å². The van der Waals surface area contributed by atoms with Crippen LogP contribution in [-0.4, -0.2) is 30.7 Å². The maximum absolute atomic E-state index is 13.3. The van der Waals surface area contributed by atoms with Crippen molar-refractivity contribution in [2.45, 2.75) is 32.5 Å². The van der Waals surface area contributed by atoms with Gasteiger partial charge in [0.1, 0.15) is 11.7 Å². The van der Waals surface area contributed by atoms with Crippen LogP contribution in [0.2, 0.25) is 0 Å². The number of nitrogens with one attached hydrogen (secondary N) is 1. The van der Waals surface area contributed by atoms with Crippen LogP contribution in [0.15, 0.2) is 0 Å². The molecule has 0 saturated carbocycles. The molecule has 0 aliphatic carbocycles. The smallest absolute Gasteiger partial charge is 0.407 e. The molecule has 0 saturated heterocycles. The molecule has 1 amide bonds. The number of carbonyl (C=O) groups is 2. The van der Waals surface area contributed by atoms with Crippen LogP contribution in [0.5, 0.6) is 0 Å². The molecule has 0 aromatic rings. The first kappa shape index (κ1) is 11.9. The molecule has 1 unspecified atom stereocenters. The number of alkyl carbamates (subject to hydrolysis) is 1. The van der Waals surface area contributed by atoms with E-state index in [0.29, 0.717) is 0 Å². The van der Waals surface area contributed by atoms with Crippen LogP contribution < -0.4 is 5.32 Å². The monoisotopic (exact) mass is 191 g/mol. The van der Waals surface area contributed by atoms with E-state index in [1.54, 1.807) is 0 Å². The van der Waals surface area contributed by atoms with Gasteiger partial charge in [0, 0.05) is 0 Å². The zero-order chi connectivity index (χ0) is 10.6. The third-order valence-electron chi connectivity index (χ3n) is 1.54. The second kappa shape index (κ2) is 4.20. The Morgan fingerprint density at radius 3 is 2.15 bits per heavy atom. The molecule has 0 radical (unpaired) electrons. The number of ketones is 1. The molecular formula is C8H14FNO3. The van der Waals surface area contributed by atoms with Crippen LogP contribution in [0.1, 0.15) is 20.8 Å². The first-order valence-corrected chi connectivity index (χ1v) is 3.83. The van der Waals surface area contributed by atoms with Gasteiger partial charge in [0.25, 0.3) is 0 Å². The lowest BCUT2D eigenvalue weighted by Gasteiger charge is -2.24. The van der Waals surface area contributed by atoms with Gasteiger partial charge < -0.3 is 10.1 Å². The van der Waals surface area contributed by atoms with Crippen LogP contribution in [0.4, 0.5) is 9.18 Å². The van der Waals surface area contributed by atoms with E-state index in [0.717, 1.165) is 7.11 Å². The summed E-state index contributed by atoms with van der Waals surface area (Å²) in [6.07, 6.45) is -0.814. The zero-order valence-electron chi connectivity index (χ0n) is 8.18. The number of rotatable bonds is 3. The van der Waals surface area contributed by atoms with Crippen LogP contribution in [0, 0.1) is 0 Å². The summed E-state index contributed by atoms with van der Waals surface area (Å²) in [7, 11) is 1.15. The summed E-state index contributed by atoms with van der Waals surface area (Å²) in [5.41, 5.74) is -1.79. The topological polar surface area (TPSA) is 55.4 Å². The van der Waals surface area contributed by atoms with Crippen molar-refractivity contribution in [3.05, 3.63) is 0 Å². The SMILES string of the molecule is COC(=O)NC(C(C)=O)C(C)(C)F. The Balaban J connectivity index is 4.46. The minimum atomic E-state index is -1.79. The molecule has 0 aromatic carbocycles. The number of hydrogen-bond donors (Lipinski definition) is 1. The molecular weight excluding hydrogens is 177 g/mol. The van der Waals surface area contributed by atoms with Crippen LogP contribution in [-0.2, 0) is 9.53 Å². The minimum Gasteiger partial charge on any atom is -0.453 e. The molecule has 76 valence electrons. The molecule has 0 bridgehead atoms. The van der Waals surface area contributed by atoms with Gasteiger partial charge >= 0.3 is 6.09 Å². The van der Waals surface area contributed by atoms with Crippen molar-refractivity contribution >= 4 is 11.9 Å². The molecule has 0 heterocycles. The fourth-order valence-corrected chi connectivity index (χ4v) is 0.933. The molecule has 4 nitrogen and oxygen atoms in total. The average Bonchev–Trinajstić information content (AvgIpc) is 1.96. The molecule has 0 spiro atoms. The van der Waals surface area contributed by atoms with E-state index in [9.17, 15) is 14.0 Å². The number of alkyl halides is 1. The quantitative estimate of drug-likeness (QED) is 0.725. The summed E-state index contributed by atoms with van der Waals surface area (Å²) in [5, 5.41) is 2.12. The summed E-state index contributed by atoms with van der Waals surface area (Å²) in [5.74, 6) is -0.446. The third-order valence-corrected chi connectivity index (χ3v) is 1.54. The number of halogens is 1. The Bertz CT molecular complexity index is 210. The van der Waals surface area contributed by atoms with Gasteiger partial charge in [-0.25, -0.2) is 9.18 Å². The Labute approximate surface area is 76.4 Å². The number of carbonyl (C=O) groups excluding carboxylic acids is 2.